The number of amides is 2. The summed E-state index contributed by atoms with van der Waals surface area (Å²) in [5.74, 6) is 4.34. The van der Waals surface area contributed by atoms with Crippen LogP contribution in [0.25, 0.3) is 0 Å². The van der Waals surface area contributed by atoms with E-state index in [1.165, 1.54) is 6.07 Å². The molecule has 1 rings (SSSR count). The first-order valence-corrected chi connectivity index (χ1v) is 5.74. The lowest BCUT2D eigenvalue weighted by Crippen LogP contribution is -2.29. The van der Waals surface area contributed by atoms with Gasteiger partial charge in [-0.15, -0.1) is 5.92 Å². The van der Waals surface area contributed by atoms with Gasteiger partial charge in [0.2, 0.25) is 0 Å². The molecule has 100 valence electrons. The van der Waals surface area contributed by atoms with Crippen molar-refractivity contribution in [2.75, 3.05) is 11.9 Å². The highest BCUT2D eigenvalue weighted by Gasteiger charge is 2.11. The van der Waals surface area contributed by atoms with Crippen molar-refractivity contribution in [2.24, 2.45) is 0 Å². The van der Waals surface area contributed by atoms with Crippen LogP contribution in [-0.4, -0.2) is 23.7 Å². The summed E-state index contributed by atoms with van der Waals surface area (Å²) in [6.07, 6.45) is 0. The van der Waals surface area contributed by atoms with Gasteiger partial charge in [0.1, 0.15) is 0 Å². The number of carbonyl (C=O) groups is 2. The molecule has 5 nitrogen and oxygen atoms in total. The summed E-state index contributed by atoms with van der Waals surface area (Å²) in [6, 6.07) is 2.75. The first-order valence-electron chi connectivity index (χ1n) is 5.74. The van der Waals surface area contributed by atoms with E-state index in [0.717, 1.165) is 5.56 Å². The third-order valence-corrected chi connectivity index (χ3v) is 2.67. The zero-order valence-electron chi connectivity index (χ0n) is 11.1. The number of aryl methyl sites for hydroxylation is 1. The number of hydrogen-bond acceptors (Lipinski definition) is 2. The van der Waals surface area contributed by atoms with E-state index in [-0.39, 0.29) is 12.1 Å². The molecule has 0 radical (unpaired) electrons. The van der Waals surface area contributed by atoms with Crippen molar-refractivity contribution < 1.29 is 14.7 Å². The lowest BCUT2D eigenvalue weighted by atomic mass is 10.0. The quantitative estimate of drug-likeness (QED) is 0.728. The van der Waals surface area contributed by atoms with Crippen LogP contribution in [0.5, 0.6) is 0 Å². The first-order chi connectivity index (χ1) is 8.95. The van der Waals surface area contributed by atoms with Gasteiger partial charge in [-0.3, -0.25) is 0 Å². The van der Waals surface area contributed by atoms with E-state index in [9.17, 15) is 9.59 Å². The minimum Gasteiger partial charge on any atom is -0.478 e. The van der Waals surface area contributed by atoms with E-state index in [2.05, 4.69) is 22.5 Å². The molecular formula is C14H16N2O3. The van der Waals surface area contributed by atoms with Crippen LogP contribution in [0.1, 0.15) is 28.4 Å². The second-order valence-corrected chi connectivity index (χ2v) is 4.01. The lowest BCUT2D eigenvalue weighted by molar-refractivity contribution is 0.0696. The molecule has 3 N–H and O–H groups in total. The Labute approximate surface area is 112 Å². The molecule has 19 heavy (non-hydrogen) atoms. The van der Waals surface area contributed by atoms with Crippen LogP contribution in [0, 0.1) is 25.7 Å². The standard InChI is InChI=1S/C14H16N2O3/c1-4-5-6-15-14(19)16-11-7-9(2)10(3)12(8-11)13(17)18/h7-8H,6H2,1-3H3,(H,17,18)(H2,15,16,19). The largest absolute Gasteiger partial charge is 0.478 e. The van der Waals surface area contributed by atoms with Gasteiger partial charge in [-0.2, -0.15) is 0 Å². The number of aromatic carboxylic acids is 1. The Morgan fingerprint density at radius 3 is 2.58 bits per heavy atom. The van der Waals surface area contributed by atoms with Crippen LogP contribution in [-0.2, 0) is 0 Å². The average Bonchev–Trinajstić information content (AvgIpc) is 2.33. The minimum atomic E-state index is -1.01. The Balaban J connectivity index is 2.86. The Hall–Kier alpha value is -2.48. The van der Waals surface area contributed by atoms with Crippen LogP contribution in [0.3, 0.4) is 0 Å². The Bertz CT molecular complexity index is 568. The molecule has 0 fully saturated rings. The van der Waals surface area contributed by atoms with Crippen molar-refractivity contribution >= 4 is 17.7 Å². The number of nitrogens with one attached hydrogen (secondary N) is 2. The summed E-state index contributed by atoms with van der Waals surface area (Å²) in [7, 11) is 0. The van der Waals surface area contributed by atoms with E-state index in [1.54, 1.807) is 26.8 Å². The van der Waals surface area contributed by atoms with E-state index < -0.39 is 12.0 Å². The number of benzene rings is 1. The summed E-state index contributed by atoms with van der Waals surface area (Å²) >= 11 is 0. The minimum absolute atomic E-state index is 0.184. The molecule has 1 aromatic carbocycles. The van der Waals surface area contributed by atoms with Crippen LogP contribution in [0.15, 0.2) is 12.1 Å². The van der Waals surface area contributed by atoms with Gasteiger partial charge in [-0.05, 0) is 44.0 Å². The highest BCUT2D eigenvalue weighted by Crippen LogP contribution is 2.19. The highest BCUT2D eigenvalue weighted by molar-refractivity contribution is 5.94. The first kappa shape index (κ1) is 14.6. The van der Waals surface area contributed by atoms with E-state index in [0.29, 0.717) is 11.3 Å². The Morgan fingerprint density at radius 2 is 2.00 bits per heavy atom. The molecule has 0 saturated carbocycles. The number of hydrogen-bond donors (Lipinski definition) is 3. The molecule has 0 aliphatic rings. The van der Waals surface area contributed by atoms with Gasteiger partial charge < -0.3 is 15.7 Å². The summed E-state index contributed by atoms with van der Waals surface area (Å²) in [6.45, 7) is 5.47. The molecule has 0 aromatic heterocycles. The predicted octanol–water partition coefficient (Wildman–Crippen LogP) is 2.15. The number of carboxylic acid groups (broad SMARTS) is 1. The van der Waals surface area contributed by atoms with Gasteiger partial charge in [0.25, 0.3) is 0 Å². The maximum atomic E-state index is 11.5. The molecule has 2 amide bonds. The van der Waals surface area contributed by atoms with Crippen molar-refractivity contribution in [3.05, 3.63) is 28.8 Å². The van der Waals surface area contributed by atoms with Gasteiger partial charge in [0, 0.05) is 5.69 Å². The molecule has 0 atom stereocenters. The second kappa shape index (κ2) is 6.45. The number of urea groups is 1. The van der Waals surface area contributed by atoms with Crippen molar-refractivity contribution in [1.29, 1.82) is 0 Å². The predicted molar refractivity (Wildman–Crippen MR) is 73.3 cm³/mol. The monoisotopic (exact) mass is 260 g/mol. The molecule has 1 aromatic rings. The Morgan fingerprint density at radius 1 is 1.32 bits per heavy atom. The maximum absolute atomic E-state index is 11.5. The summed E-state index contributed by atoms with van der Waals surface area (Å²) < 4.78 is 0. The molecule has 0 heterocycles. The third kappa shape index (κ3) is 4.03. The lowest BCUT2D eigenvalue weighted by Gasteiger charge is -2.10. The molecular weight excluding hydrogens is 244 g/mol. The fourth-order valence-corrected chi connectivity index (χ4v) is 1.54. The van der Waals surface area contributed by atoms with Gasteiger partial charge in [0.15, 0.2) is 0 Å². The van der Waals surface area contributed by atoms with Crippen molar-refractivity contribution in [3.8, 4) is 11.8 Å². The van der Waals surface area contributed by atoms with Crippen molar-refractivity contribution in [1.82, 2.24) is 5.32 Å². The van der Waals surface area contributed by atoms with Gasteiger partial charge in [0.05, 0.1) is 12.1 Å². The van der Waals surface area contributed by atoms with Crippen LogP contribution >= 0.6 is 0 Å². The van der Waals surface area contributed by atoms with E-state index in [1.807, 2.05) is 0 Å². The van der Waals surface area contributed by atoms with Crippen LogP contribution < -0.4 is 10.6 Å². The van der Waals surface area contributed by atoms with Crippen LogP contribution in [0.2, 0.25) is 0 Å². The SMILES string of the molecule is CC#CCNC(=O)Nc1cc(C)c(C)c(C(=O)O)c1. The number of rotatable bonds is 3. The molecule has 5 heteroatoms. The zero-order chi connectivity index (χ0) is 14.4. The third-order valence-electron chi connectivity index (χ3n) is 2.67. The average molecular weight is 260 g/mol. The number of anilines is 1. The fourth-order valence-electron chi connectivity index (χ4n) is 1.54. The van der Waals surface area contributed by atoms with Crippen LogP contribution in [0.4, 0.5) is 10.5 Å². The zero-order valence-corrected chi connectivity index (χ0v) is 11.1. The van der Waals surface area contributed by atoms with E-state index in [4.69, 9.17) is 5.11 Å². The number of carboxylic acids is 1. The smallest absolute Gasteiger partial charge is 0.336 e. The Kier molecular flexibility index (Phi) is 4.95. The van der Waals surface area contributed by atoms with Gasteiger partial charge >= 0.3 is 12.0 Å². The molecule has 0 spiro atoms. The molecule has 0 bridgehead atoms. The van der Waals surface area contributed by atoms with Crippen molar-refractivity contribution in [3.63, 3.8) is 0 Å². The molecule has 0 aliphatic carbocycles. The summed E-state index contributed by atoms with van der Waals surface area (Å²) in [5, 5.41) is 14.2. The van der Waals surface area contributed by atoms with Crippen molar-refractivity contribution in [2.45, 2.75) is 20.8 Å². The fraction of sp³-hybridized carbons (Fsp3) is 0.286. The molecule has 0 unspecified atom stereocenters. The second-order valence-electron chi connectivity index (χ2n) is 4.01. The summed E-state index contributed by atoms with van der Waals surface area (Å²) in [4.78, 5) is 22.6. The molecule has 0 aliphatic heterocycles. The topological polar surface area (TPSA) is 78.4 Å². The maximum Gasteiger partial charge on any atom is 0.336 e. The van der Waals surface area contributed by atoms with Gasteiger partial charge in [-0.25, -0.2) is 9.59 Å². The normalized spacial score (nSPS) is 9.21. The summed E-state index contributed by atoms with van der Waals surface area (Å²) in [5.41, 5.74) is 2.13. The highest BCUT2D eigenvalue weighted by atomic mass is 16.4. The van der Waals surface area contributed by atoms with E-state index >= 15 is 0 Å². The molecule has 0 saturated heterocycles. The number of carbonyl (C=O) groups excluding carboxylic acids is 1. The van der Waals surface area contributed by atoms with Gasteiger partial charge in [-0.1, -0.05) is 5.92 Å².